The van der Waals surface area contributed by atoms with Gasteiger partial charge in [0.25, 0.3) is 0 Å². The second-order valence-electron chi connectivity index (χ2n) is 4.59. The summed E-state index contributed by atoms with van der Waals surface area (Å²) in [5, 5.41) is 15.3. The molecule has 0 aliphatic carbocycles. The van der Waals surface area contributed by atoms with E-state index in [4.69, 9.17) is 0 Å². The van der Waals surface area contributed by atoms with E-state index >= 15 is 0 Å². The van der Waals surface area contributed by atoms with Gasteiger partial charge in [-0.15, -0.1) is 10.2 Å². The highest BCUT2D eigenvalue weighted by Crippen LogP contribution is 2.17. The predicted molar refractivity (Wildman–Crippen MR) is 85.8 cm³/mol. The van der Waals surface area contributed by atoms with Crippen LogP contribution in [0.15, 0.2) is 17.6 Å². The van der Waals surface area contributed by atoms with Gasteiger partial charge in [-0.3, -0.25) is 0 Å². The molecule has 0 aromatic carbocycles. The maximum atomic E-state index is 4.46. The number of hydrogen-bond acceptors (Lipinski definition) is 7. The lowest BCUT2D eigenvalue weighted by atomic mass is 10.4. The first-order valence-electron chi connectivity index (χ1n) is 6.96. The molecule has 0 fully saturated rings. The molecule has 0 spiro atoms. The number of aromatic nitrogens is 5. The minimum absolute atomic E-state index is 0.755. The van der Waals surface area contributed by atoms with Gasteiger partial charge in [0.2, 0.25) is 0 Å². The zero-order chi connectivity index (χ0) is 15.1. The highest BCUT2D eigenvalue weighted by atomic mass is 32.2. The van der Waals surface area contributed by atoms with Crippen LogP contribution in [0.2, 0.25) is 0 Å². The molecule has 7 nitrogen and oxygen atoms in total. The third-order valence-corrected chi connectivity index (χ3v) is 3.45. The van der Waals surface area contributed by atoms with E-state index < -0.39 is 0 Å². The molecule has 0 saturated heterocycles. The Morgan fingerprint density at radius 3 is 2.48 bits per heavy atom. The Kier molecular flexibility index (Phi) is 5.79. The molecule has 0 radical (unpaired) electrons. The molecule has 0 unspecified atom stereocenters. The Morgan fingerprint density at radius 2 is 1.90 bits per heavy atom. The zero-order valence-corrected chi connectivity index (χ0v) is 13.4. The fourth-order valence-corrected chi connectivity index (χ4v) is 2.17. The fraction of sp³-hybridized carbons (Fsp3) is 0.538. The van der Waals surface area contributed by atoms with E-state index in [0.29, 0.717) is 0 Å². The first-order valence-corrected chi connectivity index (χ1v) is 8.19. The van der Waals surface area contributed by atoms with Crippen molar-refractivity contribution in [2.75, 3.05) is 30.0 Å². The van der Waals surface area contributed by atoms with E-state index in [2.05, 4.69) is 37.7 Å². The second-order valence-corrected chi connectivity index (χ2v) is 5.36. The molecule has 2 aromatic rings. The average molecular weight is 307 g/mol. The minimum atomic E-state index is 0.755. The average Bonchev–Trinajstić information content (AvgIpc) is 2.90. The Balaban J connectivity index is 1.96. The lowest BCUT2D eigenvalue weighted by molar-refractivity contribution is 0.786. The van der Waals surface area contributed by atoms with E-state index in [9.17, 15) is 0 Å². The zero-order valence-electron chi connectivity index (χ0n) is 12.6. The van der Waals surface area contributed by atoms with Crippen LogP contribution in [0.5, 0.6) is 0 Å². The number of nitrogens with zero attached hydrogens (tertiary/aromatic N) is 5. The fourth-order valence-electron chi connectivity index (χ4n) is 1.79. The maximum absolute atomic E-state index is 4.46. The molecular formula is C13H21N7S. The van der Waals surface area contributed by atoms with Crippen LogP contribution in [-0.2, 0) is 13.5 Å². The number of aryl methyl sites for hydroxylation is 1. The molecule has 2 N–H and O–H groups in total. The van der Waals surface area contributed by atoms with E-state index in [-0.39, 0.29) is 0 Å². The first-order chi connectivity index (χ1) is 10.2. The molecule has 114 valence electrons. The molecule has 21 heavy (non-hydrogen) atoms. The summed E-state index contributed by atoms with van der Waals surface area (Å²) < 4.78 is 1.92. The van der Waals surface area contributed by atoms with Gasteiger partial charge in [-0.2, -0.15) is 0 Å². The summed E-state index contributed by atoms with van der Waals surface area (Å²) in [5.41, 5.74) is 0. The van der Waals surface area contributed by atoms with Gasteiger partial charge in [0.15, 0.2) is 5.16 Å². The third kappa shape index (κ3) is 4.59. The van der Waals surface area contributed by atoms with Crippen molar-refractivity contribution in [2.24, 2.45) is 7.05 Å². The van der Waals surface area contributed by atoms with Gasteiger partial charge in [0.05, 0.1) is 0 Å². The normalized spacial score (nSPS) is 10.6. The van der Waals surface area contributed by atoms with Crippen LogP contribution in [0, 0.1) is 0 Å². The van der Waals surface area contributed by atoms with Gasteiger partial charge in [0, 0.05) is 32.6 Å². The third-order valence-electron chi connectivity index (χ3n) is 2.90. The number of rotatable bonds is 8. The summed E-state index contributed by atoms with van der Waals surface area (Å²) in [6, 6.07) is 1.94. The van der Waals surface area contributed by atoms with Gasteiger partial charge < -0.3 is 15.2 Å². The van der Waals surface area contributed by atoms with Crippen molar-refractivity contribution in [2.45, 2.75) is 24.9 Å². The summed E-state index contributed by atoms with van der Waals surface area (Å²) >= 11 is 1.54. The van der Waals surface area contributed by atoms with Gasteiger partial charge in [-0.25, -0.2) is 9.97 Å². The highest BCUT2D eigenvalue weighted by molar-refractivity contribution is 7.98. The van der Waals surface area contributed by atoms with Crippen molar-refractivity contribution in [1.29, 1.82) is 0 Å². The van der Waals surface area contributed by atoms with Crippen molar-refractivity contribution in [3.63, 3.8) is 0 Å². The molecule has 0 aliphatic rings. The summed E-state index contributed by atoms with van der Waals surface area (Å²) in [4.78, 5) is 8.89. The molecule has 0 saturated carbocycles. The molecular weight excluding hydrogens is 286 g/mol. The van der Waals surface area contributed by atoms with E-state index in [1.165, 1.54) is 11.8 Å². The lowest BCUT2D eigenvalue weighted by Crippen LogP contribution is -2.11. The SMILES string of the molecule is CCCNc1cc(NCCc2nncn2C)nc(SC)n1. The number of hydrogen-bond donors (Lipinski definition) is 2. The van der Waals surface area contributed by atoms with Crippen molar-refractivity contribution in [3.8, 4) is 0 Å². The molecule has 0 atom stereocenters. The van der Waals surface area contributed by atoms with Crippen LogP contribution in [0.1, 0.15) is 19.2 Å². The number of thioether (sulfide) groups is 1. The number of anilines is 2. The Morgan fingerprint density at radius 1 is 1.19 bits per heavy atom. The maximum Gasteiger partial charge on any atom is 0.191 e. The van der Waals surface area contributed by atoms with Crippen LogP contribution in [0.3, 0.4) is 0 Å². The van der Waals surface area contributed by atoms with E-state index in [0.717, 1.165) is 48.5 Å². The molecule has 0 bridgehead atoms. The Bertz CT molecular complexity index is 569. The minimum Gasteiger partial charge on any atom is -0.370 e. The van der Waals surface area contributed by atoms with Gasteiger partial charge in [-0.05, 0) is 12.7 Å². The van der Waals surface area contributed by atoms with Crippen LogP contribution in [-0.4, -0.2) is 44.1 Å². The number of nitrogens with one attached hydrogen (secondary N) is 2. The Hall–Kier alpha value is -1.83. The monoisotopic (exact) mass is 307 g/mol. The van der Waals surface area contributed by atoms with E-state index in [1.807, 2.05) is 23.9 Å². The van der Waals surface area contributed by atoms with Crippen LogP contribution >= 0.6 is 11.8 Å². The van der Waals surface area contributed by atoms with Gasteiger partial charge >= 0.3 is 0 Å². The Labute approximate surface area is 129 Å². The lowest BCUT2D eigenvalue weighted by Gasteiger charge is -2.10. The van der Waals surface area contributed by atoms with Crippen LogP contribution < -0.4 is 10.6 Å². The quantitative estimate of drug-likeness (QED) is 0.568. The summed E-state index contributed by atoms with van der Waals surface area (Å²) in [7, 11) is 1.94. The van der Waals surface area contributed by atoms with Crippen molar-refractivity contribution in [3.05, 3.63) is 18.2 Å². The summed E-state index contributed by atoms with van der Waals surface area (Å²) in [6.45, 7) is 3.79. The molecule has 0 aliphatic heterocycles. The summed E-state index contributed by atoms with van der Waals surface area (Å²) in [5.74, 6) is 2.64. The van der Waals surface area contributed by atoms with Crippen molar-refractivity contribution in [1.82, 2.24) is 24.7 Å². The van der Waals surface area contributed by atoms with Gasteiger partial charge in [-0.1, -0.05) is 18.7 Å². The topological polar surface area (TPSA) is 80.5 Å². The molecule has 2 aromatic heterocycles. The van der Waals surface area contributed by atoms with Crippen LogP contribution in [0.4, 0.5) is 11.6 Å². The second kappa shape index (κ2) is 7.82. The van der Waals surface area contributed by atoms with E-state index in [1.54, 1.807) is 6.33 Å². The summed E-state index contributed by atoms with van der Waals surface area (Å²) in [6.07, 6.45) is 5.54. The standard InChI is InChI=1S/C13H21N7S/c1-4-6-14-10-8-11(18-13(17-10)21-3)15-7-5-12-19-16-9-20(12)2/h8-9H,4-7H2,1-3H3,(H2,14,15,17,18). The molecule has 0 amide bonds. The molecule has 8 heteroatoms. The molecule has 2 heterocycles. The smallest absolute Gasteiger partial charge is 0.191 e. The van der Waals surface area contributed by atoms with Crippen molar-refractivity contribution >= 4 is 23.4 Å². The molecule has 2 rings (SSSR count). The first kappa shape index (κ1) is 15.6. The predicted octanol–water partition coefficient (Wildman–Crippen LogP) is 1.80. The largest absolute Gasteiger partial charge is 0.370 e. The van der Waals surface area contributed by atoms with Gasteiger partial charge in [0.1, 0.15) is 23.8 Å². The highest BCUT2D eigenvalue weighted by Gasteiger charge is 2.05. The van der Waals surface area contributed by atoms with Crippen molar-refractivity contribution < 1.29 is 0 Å². The van der Waals surface area contributed by atoms with Crippen LogP contribution in [0.25, 0.3) is 0 Å².